The van der Waals surface area contributed by atoms with Crippen molar-refractivity contribution in [3.8, 4) is 28.3 Å². The van der Waals surface area contributed by atoms with E-state index < -0.39 is 0 Å². The first-order valence-electron chi connectivity index (χ1n) is 8.24. The molecule has 0 unspecified atom stereocenters. The van der Waals surface area contributed by atoms with Crippen molar-refractivity contribution < 1.29 is 5.11 Å². The molecular weight excluding hydrogens is 326 g/mol. The Labute approximate surface area is 149 Å². The minimum Gasteiger partial charge on any atom is -0.508 e. The Morgan fingerprint density at radius 2 is 1.77 bits per heavy atom. The van der Waals surface area contributed by atoms with Gasteiger partial charge in [-0.1, -0.05) is 12.1 Å². The lowest BCUT2D eigenvalue weighted by Gasteiger charge is -2.06. The molecule has 0 aliphatic rings. The summed E-state index contributed by atoms with van der Waals surface area (Å²) in [4.78, 5) is 9.04. The summed E-state index contributed by atoms with van der Waals surface area (Å²) in [6, 6.07) is 13.2. The van der Waals surface area contributed by atoms with E-state index in [-0.39, 0.29) is 5.75 Å². The maximum Gasteiger partial charge on any atom is 0.155 e. The molecule has 6 nitrogen and oxygen atoms in total. The van der Waals surface area contributed by atoms with E-state index in [0.717, 1.165) is 39.1 Å². The molecule has 6 heteroatoms. The summed E-state index contributed by atoms with van der Waals surface area (Å²) in [5.74, 6) is 0.244. The Morgan fingerprint density at radius 3 is 2.62 bits per heavy atom. The highest BCUT2D eigenvalue weighted by atomic mass is 16.3. The lowest BCUT2D eigenvalue weighted by Crippen LogP contribution is -1.93. The Morgan fingerprint density at radius 1 is 0.923 bits per heavy atom. The van der Waals surface area contributed by atoms with Crippen LogP contribution in [-0.4, -0.2) is 29.3 Å². The van der Waals surface area contributed by atoms with Gasteiger partial charge in [-0.25, -0.2) is 4.98 Å². The fourth-order valence-corrected chi connectivity index (χ4v) is 3.27. The number of hydrogen-bond acceptors (Lipinski definition) is 4. The Kier molecular flexibility index (Phi) is 3.05. The molecule has 26 heavy (non-hydrogen) atoms. The molecule has 3 heterocycles. The predicted molar refractivity (Wildman–Crippen MR) is 99.8 cm³/mol. The van der Waals surface area contributed by atoms with Crippen LogP contribution in [0.15, 0.2) is 67.3 Å². The average Bonchev–Trinajstić information content (AvgIpc) is 3.26. The topological polar surface area (TPSA) is 68.2 Å². The number of imidazole rings is 1. The van der Waals surface area contributed by atoms with Crippen LogP contribution in [0.25, 0.3) is 39.1 Å². The zero-order valence-corrected chi connectivity index (χ0v) is 14.0. The van der Waals surface area contributed by atoms with Gasteiger partial charge in [-0.15, -0.1) is 0 Å². The van der Waals surface area contributed by atoms with Crippen LogP contribution in [0.2, 0.25) is 0 Å². The summed E-state index contributed by atoms with van der Waals surface area (Å²) in [5.41, 5.74) is 5.65. The van der Waals surface area contributed by atoms with Crippen LogP contribution in [0, 0.1) is 0 Å². The Hall–Kier alpha value is -3.67. The van der Waals surface area contributed by atoms with E-state index in [2.05, 4.69) is 21.1 Å². The molecule has 3 aromatic heterocycles. The van der Waals surface area contributed by atoms with E-state index >= 15 is 0 Å². The standard InChI is InChI=1S/C20H15N5O/c1-24-18-4-2-3-15(16(18)9-23-24)17-12-25-19(10-22-20(25)11-21-17)13-5-7-14(26)8-6-13/h2-12,26H,1H3. The van der Waals surface area contributed by atoms with Gasteiger partial charge in [-0.05, 0) is 30.3 Å². The summed E-state index contributed by atoms with van der Waals surface area (Å²) in [7, 11) is 1.93. The summed E-state index contributed by atoms with van der Waals surface area (Å²) in [5, 5.41) is 14.9. The highest BCUT2D eigenvalue weighted by Crippen LogP contribution is 2.29. The first-order valence-corrected chi connectivity index (χ1v) is 8.24. The van der Waals surface area contributed by atoms with Crippen LogP contribution in [-0.2, 0) is 7.05 Å². The quantitative estimate of drug-likeness (QED) is 0.532. The molecule has 0 amide bonds. The number of aryl methyl sites for hydroxylation is 1. The molecular formula is C20H15N5O. The maximum atomic E-state index is 9.52. The van der Waals surface area contributed by atoms with Gasteiger partial charge in [0.15, 0.2) is 5.65 Å². The van der Waals surface area contributed by atoms with Gasteiger partial charge in [0.25, 0.3) is 0 Å². The monoisotopic (exact) mass is 341 g/mol. The highest BCUT2D eigenvalue weighted by molar-refractivity contribution is 5.93. The van der Waals surface area contributed by atoms with E-state index in [0.29, 0.717) is 0 Å². The van der Waals surface area contributed by atoms with Crippen molar-refractivity contribution in [2.24, 2.45) is 7.05 Å². The van der Waals surface area contributed by atoms with Gasteiger partial charge in [0.1, 0.15) is 5.75 Å². The van der Waals surface area contributed by atoms with Crippen LogP contribution >= 0.6 is 0 Å². The van der Waals surface area contributed by atoms with E-state index in [9.17, 15) is 5.11 Å². The van der Waals surface area contributed by atoms with Crippen molar-refractivity contribution in [1.29, 1.82) is 0 Å². The molecule has 5 aromatic rings. The van der Waals surface area contributed by atoms with Crippen molar-refractivity contribution in [2.75, 3.05) is 0 Å². The van der Waals surface area contributed by atoms with E-state index in [4.69, 9.17) is 0 Å². The van der Waals surface area contributed by atoms with E-state index in [1.165, 1.54) is 0 Å². The predicted octanol–water partition coefficient (Wildman–Crippen LogP) is 3.66. The third-order valence-corrected chi connectivity index (χ3v) is 4.63. The number of phenols is 1. The average molecular weight is 341 g/mol. The van der Waals surface area contributed by atoms with Crippen LogP contribution in [0.3, 0.4) is 0 Å². The molecule has 5 rings (SSSR count). The molecule has 0 atom stereocenters. The van der Waals surface area contributed by atoms with Crippen molar-refractivity contribution in [1.82, 2.24) is 24.1 Å². The third kappa shape index (κ3) is 2.16. The molecule has 0 saturated heterocycles. The van der Waals surface area contributed by atoms with Crippen molar-refractivity contribution in [3.63, 3.8) is 0 Å². The molecule has 0 fully saturated rings. The second-order valence-corrected chi connectivity index (χ2v) is 6.20. The minimum atomic E-state index is 0.244. The summed E-state index contributed by atoms with van der Waals surface area (Å²) in [6.07, 6.45) is 7.45. The first-order chi connectivity index (χ1) is 12.7. The minimum absolute atomic E-state index is 0.244. The number of aromatic nitrogens is 5. The molecule has 0 aliphatic carbocycles. The van der Waals surface area contributed by atoms with E-state index in [1.54, 1.807) is 18.3 Å². The molecule has 126 valence electrons. The van der Waals surface area contributed by atoms with Gasteiger partial charge in [0.05, 0.1) is 35.5 Å². The molecule has 0 spiro atoms. The van der Waals surface area contributed by atoms with Gasteiger partial charge in [0.2, 0.25) is 0 Å². The van der Waals surface area contributed by atoms with Crippen LogP contribution in [0.1, 0.15) is 0 Å². The summed E-state index contributed by atoms with van der Waals surface area (Å²) in [6.45, 7) is 0. The fraction of sp³-hybridized carbons (Fsp3) is 0.0500. The van der Waals surface area contributed by atoms with Crippen LogP contribution < -0.4 is 0 Å². The second-order valence-electron chi connectivity index (χ2n) is 6.20. The largest absolute Gasteiger partial charge is 0.508 e. The van der Waals surface area contributed by atoms with Crippen LogP contribution in [0.4, 0.5) is 0 Å². The molecule has 0 radical (unpaired) electrons. The van der Waals surface area contributed by atoms with Gasteiger partial charge < -0.3 is 5.11 Å². The normalized spacial score (nSPS) is 11.4. The molecule has 0 saturated carbocycles. The molecule has 1 N–H and O–H groups in total. The third-order valence-electron chi connectivity index (χ3n) is 4.63. The second kappa shape index (κ2) is 5.42. The Bertz CT molecular complexity index is 1250. The maximum absolute atomic E-state index is 9.52. The van der Waals surface area contributed by atoms with E-state index in [1.807, 2.05) is 59.0 Å². The molecule has 0 bridgehead atoms. The number of hydrogen-bond donors (Lipinski definition) is 1. The van der Waals surface area contributed by atoms with Crippen molar-refractivity contribution >= 4 is 16.6 Å². The number of phenolic OH excluding ortho intramolecular Hbond substituents is 1. The van der Waals surface area contributed by atoms with Gasteiger partial charge in [-0.3, -0.25) is 14.1 Å². The van der Waals surface area contributed by atoms with Gasteiger partial charge in [-0.2, -0.15) is 5.10 Å². The molecule has 2 aromatic carbocycles. The zero-order valence-electron chi connectivity index (χ0n) is 14.0. The number of rotatable bonds is 2. The van der Waals surface area contributed by atoms with Gasteiger partial charge >= 0.3 is 0 Å². The summed E-state index contributed by atoms with van der Waals surface area (Å²) >= 11 is 0. The number of fused-ring (bicyclic) bond motifs is 2. The number of nitrogens with zero attached hydrogens (tertiary/aromatic N) is 5. The van der Waals surface area contributed by atoms with Gasteiger partial charge in [0, 0.05) is 29.8 Å². The fourth-order valence-electron chi connectivity index (χ4n) is 3.27. The number of benzene rings is 2. The molecule has 0 aliphatic heterocycles. The highest BCUT2D eigenvalue weighted by Gasteiger charge is 2.12. The smallest absolute Gasteiger partial charge is 0.155 e. The van der Waals surface area contributed by atoms with Crippen molar-refractivity contribution in [2.45, 2.75) is 0 Å². The Balaban J connectivity index is 1.72. The summed E-state index contributed by atoms with van der Waals surface area (Å²) < 4.78 is 3.88. The lowest BCUT2D eigenvalue weighted by molar-refractivity contribution is 0.475. The first kappa shape index (κ1) is 14.7. The van der Waals surface area contributed by atoms with Crippen molar-refractivity contribution in [3.05, 3.63) is 67.3 Å². The van der Waals surface area contributed by atoms with Crippen LogP contribution in [0.5, 0.6) is 5.75 Å². The zero-order chi connectivity index (χ0) is 17.7. The lowest BCUT2D eigenvalue weighted by atomic mass is 10.1. The SMILES string of the molecule is Cn1ncc2c(-c3cn4c(-c5ccc(O)cc5)cnc4cn3)cccc21. The number of aromatic hydroxyl groups is 1.